The Morgan fingerprint density at radius 3 is 2.64 bits per heavy atom. The van der Waals surface area contributed by atoms with E-state index in [9.17, 15) is 0 Å². The van der Waals surface area contributed by atoms with Crippen LogP contribution in [0.25, 0.3) is 5.69 Å². The number of aromatic nitrogens is 3. The Balaban J connectivity index is 1.72. The molecule has 1 atom stereocenters. The Morgan fingerprint density at radius 1 is 1.28 bits per heavy atom. The highest BCUT2D eigenvalue weighted by molar-refractivity contribution is 7.16. The van der Waals surface area contributed by atoms with Gasteiger partial charge in [-0.25, -0.2) is 9.67 Å². The molecule has 2 heterocycles. The zero-order valence-electron chi connectivity index (χ0n) is 14.8. The Hall–Kier alpha value is -1.89. The lowest BCUT2D eigenvalue weighted by molar-refractivity contribution is 0.575. The molecule has 1 aromatic carbocycles. The summed E-state index contributed by atoms with van der Waals surface area (Å²) in [5.41, 5.74) is 3.38. The van der Waals surface area contributed by atoms with Gasteiger partial charge in [-0.15, -0.1) is 0 Å². The Bertz CT molecular complexity index is 841. The van der Waals surface area contributed by atoms with Gasteiger partial charge in [0.2, 0.25) is 0 Å². The number of halogens is 1. The van der Waals surface area contributed by atoms with Crippen LogP contribution < -0.4 is 10.2 Å². The molecule has 132 valence electrons. The minimum absolute atomic E-state index is 0.165. The third-order valence-electron chi connectivity index (χ3n) is 4.10. The van der Waals surface area contributed by atoms with Gasteiger partial charge in [0.05, 0.1) is 16.8 Å². The van der Waals surface area contributed by atoms with Crippen molar-refractivity contribution in [1.29, 1.82) is 0 Å². The van der Waals surface area contributed by atoms with Crippen molar-refractivity contribution in [3.8, 4) is 5.69 Å². The average molecular weight is 376 g/mol. The van der Waals surface area contributed by atoms with Crippen LogP contribution >= 0.6 is 22.9 Å². The molecular formula is C18H22ClN5S. The van der Waals surface area contributed by atoms with Crippen molar-refractivity contribution in [3.05, 3.63) is 57.8 Å². The van der Waals surface area contributed by atoms with Crippen LogP contribution in [-0.4, -0.2) is 28.9 Å². The molecule has 0 aliphatic heterocycles. The van der Waals surface area contributed by atoms with Gasteiger partial charge in [-0.2, -0.15) is 5.10 Å². The molecule has 0 fully saturated rings. The van der Waals surface area contributed by atoms with E-state index >= 15 is 0 Å². The molecule has 0 aliphatic rings. The van der Waals surface area contributed by atoms with Crippen molar-refractivity contribution in [1.82, 2.24) is 20.1 Å². The van der Waals surface area contributed by atoms with E-state index in [4.69, 9.17) is 11.6 Å². The van der Waals surface area contributed by atoms with E-state index in [0.29, 0.717) is 11.7 Å². The van der Waals surface area contributed by atoms with Gasteiger partial charge in [-0.1, -0.05) is 41.1 Å². The molecule has 2 aromatic heterocycles. The normalized spacial score (nSPS) is 12.4. The summed E-state index contributed by atoms with van der Waals surface area (Å²) in [6.45, 7) is 4.92. The quantitative estimate of drug-likeness (QED) is 0.701. The van der Waals surface area contributed by atoms with Crippen molar-refractivity contribution >= 4 is 28.1 Å². The second-order valence-electron chi connectivity index (χ2n) is 6.14. The molecule has 0 aliphatic carbocycles. The van der Waals surface area contributed by atoms with Gasteiger partial charge < -0.3 is 10.2 Å². The number of hydrogen-bond donors (Lipinski definition) is 1. The molecule has 0 saturated carbocycles. The average Bonchev–Trinajstić information content (AvgIpc) is 3.16. The van der Waals surface area contributed by atoms with Crippen LogP contribution in [0.5, 0.6) is 0 Å². The third-order valence-corrected chi connectivity index (χ3v) is 5.75. The minimum atomic E-state index is 0.165. The molecule has 25 heavy (non-hydrogen) atoms. The number of nitrogens with zero attached hydrogens (tertiary/aromatic N) is 4. The van der Waals surface area contributed by atoms with Crippen molar-refractivity contribution in [3.63, 3.8) is 0 Å². The summed E-state index contributed by atoms with van der Waals surface area (Å²) in [5.74, 6) is 0. The highest BCUT2D eigenvalue weighted by Gasteiger charge is 2.16. The summed E-state index contributed by atoms with van der Waals surface area (Å²) >= 11 is 7.86. The fraction of sp³-hybridized carbons (Fsp3) is 0.333. The lowest BCUT2D eigenvalue weighted by Gasteiger charge is -2.13. The maximum Gasteiger partial charge on any atom is 0.186 e. The monoisotopic (exact) mass is 375 g/mol. The Labute approximate surface area is 157 Å². The van der Waals surface area contributed by atoms with Crippen LogP contribution in [0.3, 0.4) is 0 Å². The van der Waals surface area contributed by atoms with Crippen LogP contribution in [0.1, 0.15) is 29.1 Å². The molecule has 0 saturated heterocycles. The van der Waals surface area contributed by atoms with E-state index in [0.717, 1.165) is 21.4 Å². The van der Waals surface area contributed by atoms with Crippen LogP contribution in [0, 0.1) is 6.92 Å². The van der Waals surface area contributed by atoms with Crippen LogP contribution in [0.15, 0.2) is 36.5 Å². The maximum atomic E-state index is 6.25. The molecule has 5 nitrogen and oxygen atoms in total. The summed E-state index contributed by atoms with van der Waals surface area (Å²) in [6, 6.07) is 10.3. The maximum absolute atomic E-state index is 6.25. The predicted octanol–water partition coefficient (Wildman–Crippen LogP) is 4.21. The summed E-state index contributed by atoms with van der Waals surface area (Å²) in [6.07, 6.45) is 1.93. The largest absolute Gasteiger partial charge is 0.354 e. The zero-order chi connectivity index (χ0) is 18.0. The summed E-state index contributed by atoms with van der Waals surface area (Å²) < 4.78 is 1.97. The molecule has 0 unspecified atom stereocenters. The third kappa shape index (κ3) is 3.86. The number of nitrogens with one attached hydrogen (secondary N) is 1. The summed E-state index contributed by atoms with van der Waals surface area (Å²) in [5, 5.41) is 9.56. The van der Waals surface area contributed by atoms with E-state index in [2.05, 4.69) is 41.4 Å². The van der Waals surface area contributed by atoms with Gasteiger partial charge in [0, 0.05) is 37.9 Å². The summed E-state index contributed by atoms with van der Waals surface area (Å²) in [7, 11) is 3.94. The van der Waals surface area contributed by atoms with Crippen molar-refractivity contribution in [2.75, 3.05) is 19.0 Å². The van der Waals surface area contributed by atoms with E-state index in [1.54, 1.807) is 11.3 Å². The standard InChI is InChI=1S/C18H22ClN5S/c1-12(20-11-16-17(19)22-18(25-16)23(3)4)15-10-21-24(13(15)2)14-8-6-5-7-9-14/h5-10,12,20H,11H2,1-4H3/t12-/m0/s1. The van der Waals surface area contributed by atoms with E-state index in [-0.39, 0.29) is 6.04 Å². The van der Waals surface area contributed by atoms with Crippen LogP contribution in [0.2, 0.25) is 5.15 Å². The van der Waals surface area contributed by atoms with Crippen molar-refractivity contribution < 1.29 is 0 Å². The molecule has 0 spiro atoms. The first kappa shape index (κ1) is 17.9. The van der Waals surface area contributed by atoms with Gasteiger partial charge in [-0.3, -0.25) is 0 Å². The number of benzene rings is 1. The fourth-order valence-corrected chi connectivity index (χ4v) is 3.79. The van der Waals surface area contributed by atoms with E-state index < -0.39 is 0 Å². The molecule has 7 heteroatoms. The zero-order valence-corrected chi connectivity index (χ0v) is 16.4. The molecule has 0 amide bonds. The van der Waals surface area contributed by atoms with Crippen LogP contribution in [0.4, 0.5) is 5.13 Å². The topological polar surface area (TPSA) is 46.0 Å². The number of rotatable bonds is 6. The van der Waals surface area contributed by atoms with Gasteiger partial charge in [0.1, 0.15) is 5.15 Å². The number of anilines is 1. The second kappa shape index (κ2) is 7.56. The predicted molar refractivity (Wildman–Crippen MR) is 105 cm³/mol. The number of hydrogen-bond acceptors (Lipinski definition) is 5. The van der Waals surface area contributed by atoms with E-state index in [1.165, 1.54) is 5.56 Å². The van der Waals surface area contributed by atoms with Gasteiger partial charge in [-0.05, 0) is 26.0 Å². The first-order chi connectivity index (χ1) is 12.0. The molecular weight excluding hydrogens is 354 g/mol. The molecule has 3 aromatic rings. The lowest BCUT2D eigenvalue weighted by Crippen LogP contribution is -2.18. The first-order valence-electron chi connectivity index (χ1n) is 8.13. The SMILES string of the molecule is Cc1c([C@H](C)NCc2sc(N(C)C)nc2Cl)cnn1-c1ccccc1. The van der Waals surface area contributed by atoms with E-state index in [1.807, 2.05) is 48.1 Å². The summed E-state index contributed by atoms with van der Waals surface area (Å²) in [4.78, 5) is 7.39. The first-order valence-corrected chi connectivity index (χ1v) is 9.32. The fourth-order valence-electron chi connectivity index (χ4n) is 2.65. The number of para-hydroxylation sites is 1. The second-order valence-corrected chi connectivity index (χ2v) is 7.56. The molecule has 0 radical (unpaired) electrons. The Kier molecular flexibility index (Phi) is 5.42. The molecule has 0 bridgehead atoms. The highest BCUT2D eigenvalue weighted by atomic mass is 35.5. The lowest BCUT2D eigenvalue weighted by atomic mass is 10.1. The smallest absolute Gasteiger partial charge is 0.186 e. The van der Waals surface area contributed by atoms with Gasteiger partial charge >= 0.3 is 0 Å². The van der Waals surface area contributed by atoms with Gasteiger partial charge in [0.15, 0.2) is 5.13 Å². The van der Waals surface area contributed by atoms with Crippen molar-refractivity contribution in [2.24, 2.45) is 0 Å². The molecule has 3 rings (SSSR count). The highest BCUT2D eigenvalue weighted by Crippen LogP contribution is 2.29. The van der Waals surface area contributed by atoms with Gasteiger partial charge in [0.25, 0.3) is 0 Å². The molecule has 1 N–H and O–H groups in total. The van der Waals surface area contributed by atoms with Crippen LogP contribution in [-0.2, 0) is 6.54 Å². The minimum Gasteiger partial charge on any atom is -0.354 e. The van der Waals surface area contributed by atoms with Crippen molar-refractivity contribution in [2.45, 2.75) is 26.4 Å². The Morgan fingerprint density at radius 2 is 2.00 bits per heavy atom. The number of thiazole rings is 1.